The van der Waals surface area contributed by atoms with Gasteiger partial charge in [-0.25, -0.2) is 4.98 Å². The zero-order valence-electron chi connectivity index (χ0n) is 21.5. The zero-order chi connectivity index (χ0) is 26.2. The van der Waals surface area contributed by atoms with Crippen molar-refractivity contribution in [1.29, 1.82) is 0 Å². The molecule has 0 radical (unpaired) electrons. The second kappa shape index (κ2) is 8.01. The largest absolute Gasteiger partial charge is 0.309 e. The number of nitrogens with zero attached hydrogens (tertiary/aromatic N) is 4. The van der Waals surface area contributed by atoms with Crippen molar-refractivity contribution in [3.8, 4) is 16.8 Å². The van der Waals surface area contributed by atoms with Gasteiger partial charge in [0.2, 0.25) is 0 Å². The van der Waals surface area contributed by atoms with Crippen LogP contribution in [0.25, 0.3) is 77.0 Å². The molecule has 40 heavy (non-hydrogen) atoms. The summed E-state index contributed by atoms with van der Waals surface area (Å²) in [5.74, 6) is 0. The summed E-state index contributed by atoms with van der Waals surface area (Å²) < 4.78 is 4.71. The van der Waals surface area contributed by atoms with E-state index in [2.05, 4.69) is 135 Å². The fourth-order valence-corrected chi connectivity index (χ4v) is 6.50. The van der Waals surface area contributed by atoms with Gasteiger partial charge in [0.25, 0.3) is 0 Å². The van der Waals surface area contributed by atoms with Gasteiger partial charge < -0.3 is 4.57 Å². The Morgan fingerprint density at radius 2 is 1.20 bits per heavy atom. The Bertz CT molecular complexity index is 2430. The van der Waals surface area contributed by atoms with Crippen molar-refractivity contribution in [1.82, 2.24) is 18.9 Å². The van der Waals surface area contributed by atoms with Crippen LogP contribution in [0, 0.1) is 0 Å². The van der Waals surface area contributed by atoms with Gasteiger partial charge in [0.05, 0.1) is 27.6 Å². The Balaban J connectivity index is 1.47. The van der Waals surface area contributed by atoms with Crippen LogP contribution in [0.3, 0.4) is 0 Å². The lowest BCUT2D eigenvalue weighted by atomic mass is 10.00. The van der Waals surface area contributed by atoms with E-state index in [-0.39, 0.29) is 0 Å². The molecular formula is C36H22N4. The molecule has 0 amide bonds. The smallest absolute Gasteiger partial charge is 0.146 e. The molecule has 0 N–H and O–H groups in total. The van der Waals surface area contributed by atoms with Crippen molar-refractivity contribution in [3.63, 3.8) is 0 Å². The van der Waals surface area contributed by atoms with Crippen LogP contribution in [0.4, 0.5) is 0 Å². The minimum Gasteiger partial charge on any atom is -0.309 e. The van der Waals surface area contributed by atoms with Gasteiger partial charge in [0, 0.05) is 45.0 Å². The van der Waals surface area contributed by atoms with Gasteiger partial charge in [-0.15, -0.1) is 0 Å². The van der Waals surface area contributed by atoms with E-state index in [9.17, 15) is 0 Å². The summed E-state index contributed by atoms with van der Waals surface area (Å²) in [6.07, 6.45) is 3.69. The summed E-state index contributed by atoms with van der Waals surface area (Å²) in [6.45, 7) is 0. The van der Waals surface area contributed by atoms with E-state index in [4.69, 9.17) is 4.98 Å². The molecule has 0 saturated heterocycles. The van der Waals surface area contributed by atoms with E-state index in [0.717, 1.165) is 33.3 Å². The van der Waals surface area contributed by atoms with Crippen molar-refractivity contribution in [2.24, 2.45) is 0 Å². The summed E-state index contributed by atoms with van der Waals surface area (Å²) in [7, 11) is 0. The second-order valence-electron chi connectivity index (χ2n) is 10.3. The maximum absolute atomic E-state index is 5.14. The summed E-state index contributed by atoms with van der Waals surface area (Å²) in [6, 6.07) is 43.3. The lowest BCUT2D eigenvalue weighted by molar-refractivity contribution is 1.18. The fourth-order valence-electron chi connectivity index (χ4n) is 6.50. The number of hydrogen-bond acceptors (Lipinski definition) is 2. The van der Waals surface area contributed by atoms with Crippen LogP contribution >= 0.6 is 0 Å². The summed E-state index contributed by atoms with van der Waals surface area (Å²) in [5.41, 5.74) is 10.1. The van der Waals surface area contributed by atoms with Crippen LogP contribution in [0.2, 0.25) is 0 Å². The Morgan fingerprint density at radius 1 is 0.475 bits per heavy atom. The molecule has 0 aliphatic carbocycles. The lowest BCUT2D eigenvalue weighted by Crippen LogP contribution is -1.95. The molecule has 4 heterocycles. The first-order valence-corrected chi connectivity index (χ1v) is 13.5. The highest BCUT2D eigenvalue weighted by molar-refractivity contribution is 6.30. The quantitative estimate of drug-likeness (QED) is 0.218. The van der Waals surface area contributed by atoms with Gasteiger partial charge in [-0.3, -0.25) is 9.38 Å². The number of para-hydroxylation sites is 4. The number of benzene rings is 5. The lowest BCUT2D eigenvalue weighted by Gasteiger charge is -2.12. The number of hydrogen-bond donors (Lipinski definition) is 0. The molecule has 9 aromatic rings. The van der Waals surface area contributed by atoms with Gasteiger partial charge in [0.15, 0.2) is 0 Å². The molecule has 0 aliphatic heterocycles. The van der Waals surface area contributed by atoms with E-state index in [0.29, 0.717) is 0 Å². The zero-order valence-corrected chi connectivity index (χ0v) is 21.5. The van der Waals surface area contributed by atoms with Crippen LogP contribution in [0.5, 0.6) is 0 Å². The van der Waals surface area contributed by atoms with Crippen LogP contribution in [-0.4, -0.2) is 18.9 Å². The van der Waals surface area contributed by atoms with Gasteiger partial charge >= 0.3 is 0 Å². The summed E-state index contributed by atoms with van der Waals surface area (Å²) >= 11 is 0. The van der Waals surface area contributed by atoms with Crippen molar-refractivity contribution >= 4 is 60.2 Å². The third kappa shape index (κ3) is 2.85. The van der Waals surface area contributed by atoms with Crippen LogP contribution in [0.1, 0.15) is 0 Å². The number of pyridine rings is 2. The average molecular weight is 511 g/mol. The van der Waals surface area contributed by atoms with Gasteiger partial charge in [0.1, 0.15) is 5.65 Å². The molecule has 4 nitrogen and oxygen atoms in total. The van der Waals surface area contributed by atoms with Gasteiger partial charge in [-0.05, 0) is 71.8 Å². The molecular weight excluding hydrogens is 488 g/mol. The van der Waals surface area contributed by atoms with Crippen LogP contribution in [-0.2, 0) is 0 Å². The second-order valence-corrected chi connectivity index (χ2v) is 10.3. The Hall–Kier alpha value is -5.48. The average Bonchev–Trinajstić information content (AvgIpc) is 3.58. The van der Waals surface area contributed by atoms with Crippen molar-refractivity contribution in [2.45, 2.75) is 0 Å². The van der Waals surface area contributed by atoms with Crippen molar-refractivity contribution < 1.29 is 0 Å². The Labute approximate surface area is 229 Å². The van der Waals surface area contributed by atoms with Gasteiger partial charge in [-0.2, -0.15) is 0 Å². The third-order valence-electron chi connectivity index (χ3n) is 8.17. The highest BCUT2D eigenvalue weighted by Crippen LogP contribution is 2.42. The van der Waals surface area contributed by atoms with E-state index < -0.39 is 0 Å². The first kappa shape index (κ1) is 21.5. The molecule has 0 atom stereocenters. The minimum absolute atomic E-state index is 0.994. The molecule has 4 aromatic heterocycles. The maximum atomic E-state index is 5.14. The Kier molecular flexibility index (Phi) is 4.30. The molecule has 186 valence electrons. The predicted molar refractivity (Wildman–Crippen MR) is 165 cm³/mol. The summed E-state index contributed by atoms with van der Waals surface area (Å²) in [4.78, 5) is 9.34. The predicted octanol–water partition coefficient (Wildman–Crippen LogP) is 8.95. The third-order valence-corrected chi connectivity index (χ3v) is 8.17. The maximum Gasteiger partial charge on any atom is 0.146 e. The molecule has 0 unspecified atom stereocenters. The van der Waals surface area contributed by atoms with Crippen LogP contribution < -0.4 is 0 Å². The van der Waals surface area contributed by atoms with E-state index >= 15 is 0 Å². The normalized spacial score (nSPS) is 12.0. The molecule has 0 fully saturated rings. The number of rotatable bonds is 2. The monoisotopic (exact) mass is 510 g/mol. The number of fused-ring (bicyclic) bond motifs is 12. The standard InChI is InChI=1S/C36H22N4/c1-5-14-31-26(10-1)34-28(36-38-29-12-3-6-15-32(29)40(31)36)16-17-33-35(34)27-11-2-4-13-30(27)39(33)25-9-7-8-24(22-25)23-18-20-37-21-19-23/h1-22H. The molecule has 0 saturated carbocycles. The van der Waals surface area contributed by atoms with E-state index in [1.54, 1.807) is 0 Å². The number of imidazole rings is 1. The molecule has 0 spiro atoms. The number of aromatic nitrogens is 4. The molecule has 5 aromatic carbocycles. The van der Waals surface area contributed by atoms with E-state index in [1.807, 2.05) is 12.4 Å². The SMILES string of the molecule is c1cc(-c2ccncc2)cc(-n2c3ccccc3c3c4c5ccccc5n5c6ccccc6nc5c4ccc32)c1. The molecule has 0 bridgehead atoms. The van der Waals surface area contributed by atoms with Crippen LogP contribution in [0.15, 0.2) is 134 Å². The van der Waals surface area contributed by atoms with E-state index in [1.165, 1.54) is 43.7 Å². The molecule has 0 aliphatic rings. The fraction of sp³-hybridized carbons (Fsp3) is 0. The molecule has 9 rings (SSSR count). The van der Waals surface area contributed by atoms with Crippen molar-refractivity contribution in [2.75, 3.05) is 0 Å². The topological polar surface area (TPSA) is 35.1 Å². The summed E-state index contributed by atoms with van der Waals surface area (Å²) in [5, 5.41) is 6.13. The Morgan fingerprint density at radius 3 is 2.05 bits per heavy atom. The van der Waals surface area contributed by atoms with Gasteiger partial charge in [-0.1, -0.05) is 60.7 Å². The minimum atomic E-state index is 0.994. The molecule has 4 heteroatoms. The first-order valence-electron chi connectivity index (χ1n) is 13.5. The first-order chi connectivity index (χ1) is 19.9. The highest BCUT2D eigenvalue weighted by Gasteiger charge is 2.20. The highest BCUT2D eigenvalue weighted by atomic mass is 15.0. The van der Waals surface area contributed by atoms with Crippen molar-refractivity contribution in [3.05, 3.63) is 134 Å².